The molecule has 0 radical (unpaired) electrons. The van der Waals surface area contributed by atoms with Crippen molar-refractivity contribution < 1.29 is 12.8 Å². The van der Waals surface area contributed by atoms with Crippen molar-refractivity contribution in [3.8, 4) is 0 Å². The first-order valence-corrected chi connectivity index (χ1v) is 7.35. The Kier molecular flexibility index (Phi) is 4.12. The number of hydrogen-bond donors (Lipinski definition) is 3. The molecule has 0 aliphatic carbocycles. The fourth-order valence-corrected chi connectivity index (χ4v) is 2.69. The zero-order chi connectivity index (χ0) is 14.8. The summed E-state index contributed by atoms with van der Waals surface area (Å²) in [4.78, 5) is 6.22. The molecule has 20 heavy (non-hydrogen) atoms. The second-order valence-corrected chi connectivity index (χ2v) is 6.11. The highest BCUT2D eigenvalue weighted by Crippen LogP contribution is 2.15. The van der Waals surface area contributed by atoms with Crippen LogP contribution in [0.25, 0.3) is 0 Å². The third kappa shape index (κ3) is 3.18. The highest BCUT2D eigenvalue weighted by Gasteiger charge is 2.17. The average Bonchev–Trinajstić information content (AvgIpc) is 2.89. The van der Waals surface area contributed by atoms with Gasteiger partial charge in [0, 0.05) is 17.5 Å². The number of hydrogen-bond acceptors (Lipinski definition) is 4. The van der Waals surface area contributed by atoms with Gasteiger partial charge in [-0.15, -0.1) is 0 Å². The molecular formula is C11H11FN4O2S2. The fraction of sp³-hybridized carbons (Fsp3) is 0.0909. The summed E-state index contributed by atoms with van der Waals surface area (Å²) < 4.78 is 39.9. The summed E-state index contributed by atoms with van der Waals surface area (Å²) in [6, 6.07) is 3.26. The van der Waals surface area contributed by atoms with Crippen molar-refractivity contribution in [2.75, 3.05) is 0 Å². The Balaban J connectivity index is 2.25. The Hall–Kier alpha value is -1.84. The van der Waals surface area contributed by atoms with E-state index in [1.54, 1.807) is 0 Å². The molecule has 4 N–H and O–H groups in total. The van der Waals surface area contributed by atoms with Gasteiger partial charge in [0.1, 0.15) is 10.8 Å². The monoisotopic (exact) mass is 314 g/mol. The van der Waals surface area contributed by atoms with Crippen molar-refractivity contribution >= 4 is 27.2 Å². The van der Waals surface area contributed by atoms with E-state index in [2.05, 4.69) is 26.9 Å². The van der Waals surface area contributed by atoms with Crippen LogP contribution < -0.4 is 10.5 Å². The van der Waals surface area contributed by atoms with E-state index in [-0.39, 0.29) is 22.0 Å². The zero-order valence-corrected chi connectivity index (χ0v) is 11.8. The van der Waals surface area contributed by atoms with E-state index in [1.165, 1.54) is 12.5 Å². The molecule has 1 heterocycles. The smallest absolute Gasteiger partial charge is 0.240 e. The zero-order valence-electron chi connectivity index (χ0n) is 10.1. The molecule has 0 saturated heterocycles. The largest absolute Gasteiger partial charge is 0.389 e. The molecule has 0 aliphatic rings. The standard InChI is InChI=1S/C11H11FN4O2S2/c12-10-2-1-8(3-9(10)11(13)19)20(17,18)16-5-7-4-14-6-15-7/h1-4,6,16H,5H2,(H2,13,19)(H,14,15). The van der Waals surface area contributed by atoms with Crippen molar-refractivity contribution in [1.82, 2.24) is 14.7 Å². The van der Waals surface area contributed by atoms with Gasteiger partial charge in [0.05, 0.1) is 17.8 Å². The molecule has 9 heteroatoms. The molecule has 1 aromatic heterocycles. The van der Waals surface area contributed by atoms with Crippen LogP contribution in [0.1, 0.15) is 11.3 Å². The minimum absolute atomic E-state index is 0.0438. The molecule has 2 rings (SSSR count). The number of rotatable bonds is 5. The highest BCUT2D eigenvalue weighted by molar-refractivity contribution is 7.89. The Labute approximate surface area is 120 Å². The molecule has 0 fully saturated rings. The van der Waals surface area contributed by atoms with E-state index < -0.39 is 15.8 Å². The number of halogens is 1. The molecule has 0 atom stereocenters. The van der Waals surface area contributed by atoms with Crippen molar-refractivity contribution in [1.29, 1.82) is 0 Å². The van der Waals surface area contributed by atoms with E-state index >= 15 is 0 Å². The lowest BCUT2D eigenvalue weighted by molar-refractivity contribution is 0.579. The normalized spacial score (nSPS) is 11.4. The number of nitrogens with two attached hydrogens (primary N) is 1. The summed E-state index contributed by atoms with van der Waals surface area (Å²) >= 11 is 4.67. The first-order valence-electron chi connectivity index (χ1n) is 5.46. The summed E-state index contributed by atoms with van der Waals surface area (Å²) in [6.45, 7) is 0.0438. The number of imidazole rings is 1. The number of H-pyrrole nitrogens is 1. The average molecular weight is 314 g/mol. The van der Waals surface area contributed by atoms with Crippen LogP contribution in [0.15, 0.2) is 35.6 Å². The quantitative estimate of drug-likeness (QED) is 0.704. The molecule has 0 bridgehead atoms. The van der Waals surface area contributed by atoms with E-state index in [4.69, 9.17) is 5.73 Å². The molecule has 0 saturated carbocycles. The van der Waals surface area contributed by atoms with Crippen LogP contribution in [0.2, 0.25) is 0 Å². The van der Waals surface area contributed by atoms with Gasteiger partial charge in [0.2, 0.25) is 10.0 Å². The van der Waals surface area contributed by atoms with Crippen LogP contribution in [0.4, 0.5) is 4.39 Å². The third-order valence-electron chi connectivity index (χ3n) is 2.52. The first kappa shape index (κ1) is 14.6. The van der Waals surface area contributed by atoms with Crippen molar-refractivity contribution in [2.24, 2.45) is 5.73 Å². The summed E-state index contributed by atoms with van der Waals surface area (Å²) in [7, 11) is -3.79. The fourth-order valence-electron chi connectivity index (χ4n) is 1.50. The SMILES string of the molecule is NC(=S)c1cc(S(=O)(=O)NCc2cnc[nH]2)ccc1F. The number of nitrogens with one attached hydrogen (secondary N) is 2. The third-order valence-corrected chi connectivity index (χ3v) is 4.14. The van der Waals surface area contributed by atoms with E-state index in [1.807, 2.05) is 0 Å². The van der Waals surface area contributed by atoms with E-state index in [0.717, 1.165) is 18.2 Å². The second kappa shape index (κ2) is 5.65. The van der Waals surface area contributed by atoms with Crippen LogP contribution >= 0.6 is 12.2 Å². The van der Waals surface area contributed by atoms with Gasteiger partial charge in [-0.25, -0.2) is 22.5 Å². The summed E-state index contributed by atoms with van der Waals surface area (Å²) in [5.41, 5.74) is 5.84. The Morgan fingerprint density at radius 3 is 2.85 bits per heavy atom. The number of thiocarbonyl (C=S) groups is 1. The Morgan fingerprint density at radius 1 is 1.50 bits per heavy atom. The van der Waals surface area contributed by atoms with E-state index in [0.29, 0.717) is 5.69 Å². The molecule has 6 nitrogen and oxygen atoms in total. The lowest BCUT2D eigenvalue weighted by Crippen LogP contribution is -2.24. The minimum Gasteiger partial charge on any atom is -0.389 e. The lowest BCUT2D eigenvalue weighted by atomic mass is 10.2. The van der Waals surface area contributed by atoms with Gasteiger partial charge in [-0.2, -0.15) is 0 Å². The number of aromatic amines is 1. The molecule has 2 aromatic rings. The first-order chi connectivity index (χ1) is 9.40. The topological polar surface area (TPSA) is 101 Å². The molecule has 0 unspecified atom stereocenters. The molecule has 0 spiro atoms. The van der Waals surface area contributed by atoms with Gasteiger partial charge >= 0.3 is 0 Å². The predicted molar refractivity (Wildman–Crippen MR) is 74.9 cm³/mol. The van der Waals surface area contributed by atoms with Gasteiger partial charge in [-0.05, 0) is 18.2 Å². The molecule has 106 valence electrons. The number of benzene rings is 1. The van der Waals surface area contributed by atoms with Crippen LogP contribution in [0, 0.1) is 5.82 Å². The maximum absolute atomic E-state index is 13.4. The number of sulfonamides is 1. The van der Waals surface area contributed by atoms with E-state index in [9.17, 15) is 12.8 Å². The maximum atomic E-state index is 13.4. The Bertz CT molecular complexity index is 729. The van der Waals surface area contributed by atoms with Crippen molar-refractivity contribution in [2.45, 2.75) is 11.4 Å². The maximum Gasteiger partial charge on any atom is 0.240 e. The van der Waals surface area contributed by atoms with Crippen molar-refractivity contribution in [3.63, 3.8) is 0 Å². The summed E-state index contributed by atoms with van der Waals surface area (Å²) in [5, 5.41) is 0. The lowest BCUT2D eigenvalue weighted by Gasteiger charge is -2.08. The number of aromatic nitrogens is 2. The predicted octanol–water partition coefficient (Wildman–Crippen LogP) is 0.661. The molecule has 0 aliphatic heterocycles. The second-order valence-electron chi connectivity index (χ2n) is 3.91. The summed E-state index contributed by atoms with van der Waals surface area (Å²) in [5.74, 6) is -0.662. The van der Waals surface area contributed by atoms with Crippen LogP contribution in [0.5, 0.6) is 0 Å². The van der Waals surface area contributed by atoms with Gasteiger partial charge in [0.25, 0.3) is 0 Å². The number of nitrogens with zero attached hydrogens (tertiary/aromatic N) is 1. The minimum atomic E-state index is -3.79. The van der Waals surface area contributed by atoms with Crippen molar-refractivity contribution in [3.05, 3.63) is 47.8 Å². The van der Waals surface area contributed by atoms with Crippen LogP contribution in [-0.4, -0.2) is 23.4 Å². The molecular weight excluding hydrogens is 303 g/mol. The Morgan fingerprint density at radius 2 is 2.25 bits per heavy atom. The highest BCUT2D eigenvalue weighted by atomic mass is 32.2. The summed E-state index contributed by atoms with van der Waals surface area (Å²) in [6.07, 6.45) is 2.93. The molecule has 0 amide bonds. The van der Waals surface area contributed by atoms with Crippen LogP contribution in [-0.2, 0) is 16.6 Å². The van der Waals surface area contributed by atoms with Crippen LogP contribution in [0.3, 0.4) is 0 Å². The molecule has 1 aromatic carbocycles. The van der Waals surface area contributed by atoms with Gasteiger partial charge in [0.15, 0.2) is 0 Å². The van der Waals surface area contributed by atoms with Gasteiger partial charge in [-0.1, -0.05) is 12.2 Å². The van der Waals surface area contributed by atoms with Gasteiger partial charge < -0.3 is 10.7 Å². The van der Waals surface area contributed by atoms with Gasteiger partial charge in [-0.3, -0.25) is 0 Å².